The number of furan rings is 1. The van der Waals surface area contributed by atoms with E-state index in [1.165, 1.54) is 6.07 Å². The highest BCUT2D eigenvalue weighted by molar-refractivity contribution is 5.91. The van der Waals surface area contributed by atoms with Crippen molar-refractivity contribution in [3.8, 4) is 0 Å². The molecule has 1 aliphatic rings. The maximum absolute atomic E-state index is 12.7. The fraction of sp³-hybridized carbons (Fsp3) is 0.615. The van der Waals surface area contributed by atoms with E-state index < -0.39 is 24.7 Å². The minimum atomic E-state index is -4.41. The van der Waals surface area contributed by atoms with Crippen LogP contribution in [0.1, 0.15) is 29.2 Å². The van der Waals surface area contributed by atoms with Crippen molar-refractivity contribution >= 4 is 5.91 Å². The van der Waals surface area contributed by atoms with Gasteiger partial charge in [0.1, 0.15) is 12.3 Å². The molecule has 1 aliphatic heterocycles. The molecule has 0 unspecified atom stereocenters. The molecule has 0 radical (unpaired) electrons. The molecule has 1 amide bonds. The molecule has 1 aromatic heterocycles. The Hall–Kier alpha value is -1.50. The van der Waals surface area contributed by atoms with Gasteiger partial charge in [-0.25, -0.2) is 0 Å². The molecule has 2 rings (SSSR count). The van der Waals surface area contributed by atoms with E-state index in [1.54, 1.807) is 13.0 Å². The summed E-state index contributed by atoms with van der Waals surface area (Å²) < 4.78 is 43.3. The average molecular weight is 290 g/mol. The van der Waals surface area contributed by atoms with E-state index in [2.05, 4.69) is 5.32 Å². The lowest BCUT2D eigenvalue weighted by Crippen LogP contribution is -2.49. The molecule has 0 atom stereocenters. The van der Waals surface area contributed by atoms with Gasteiger partial charge in [0.15, 0.2) is 5.76 Å². The van der Waals surface area contributed by atoms with E-state index in [9.17, 15) is 18.0 Å². The first-order valence-corrected chi connectivity index (χ1v) is 6.52. The second-order valence-corrected chi connectivity index (χ2v) is 4.94. The fourth-order valence-corrected chi connectivity index (χ4v) is 2.37. The summed E-state index contributed by atoms with van der Waals surface area (Å²) in [5, 5.41) is 3.07. The van der Waals surface area contributed by atoms with Gasteiger partial charge in [-0.2, -0.15) is 13.2 Å². The molecule has 4 nitrogen and oxygen atoms in total. The Labute approximate surface area is 114 Å². The molecule has 20 heavy (non-hydrogen) atoms. The van der Waals surface area contributed by atoms with E-state index in [1.807, 2.05) is 0 Å². The van der Waals surface area contributed by atoms with E-state index in [0.717, 1.165) is 4.90 Å². The first kappa shape index (κ1) is 14.9. The highest BCUT2D eigenvalue weighted by Gasteiger charge is 2.38. The largest absolute Gasteiger partial charge is 0.456 e. The van der Waals surface area contributed by atoms with Gasteiger partial charge in [-0.1, -0.05) is 0 Å². The number of alkyl halides is 3. The van der Waals surface area contributed by atoms with Gasteiger partial charge in [-0.05, 0) is 45.0 Å². The summed E-state index contributed by atoms with van der Waals surface area (Å²) in [5.41, 5.74) is 0. The van der Waals surface area contributed by atoms with Gasteiger partial charge in [0.2, 0.25) is 0 Å². The normalized spacial score (nSPS) is 17.2. The summed E-state index contributed by atoms with van der Waals surface area (Å²) in [7, 11) is 0. The summed E-state index contributed by atoms with van der Waals surface area (Å²) in [6.07, 6.45) is -3.38. The number of aryl methyl sites for hydroxylation is 1. The highest BCUT2D eigenvalue weighted by atomic mass is 19.4. The molecule has 2 heterocycles. The number of hydrogen-bond acceptors (Lipinski definition) is 3. The number of rotatable bonds is 3. The van der Waals surface area contributed by atoms with Crippen LogP contribution in [0.15, 0.2) is 16.5 Å². The van der Waals surface area contributed by atoms with Crippen molar-refractivity contribution in [1.29, 1.82) is 0 Å². The van der Waals surface area contributed by atoms with Gasteiger partial charge in [-0.3, -0.25) is 4.79 Å². The predicted molar refractivity (Wildman–Crippen MR) is 66.4 cm³/mol. The van der Waals surface area contributed by atoms with Crippen LogP contribution in [0.2, 0.25) is 0 Å². The van der Waals surface area contributed by atoms with Crippen LogP contribution >= 0.6 is 0 Å². The van der Waals surface area contributed by atoms with Crippen molar-refractivity contribution in [2.24, 2.45) is 0 Å². The number of carbonyl (C=O) groups excluding carboxylic acids is 1. The zero-order valence-electron chi connectivity index (χ0n) is 11.2. The van der Waals surface area contributed by atoms with Crippen LogP contribution in [0.4, 0.5) is 13.2 Å². The molecular formula is C13H17F3N2O2. The summed E-state index contributed by atoms with van der Waals surface area (Å²) in [6.45, 7) is 1.64. The van der Waals surface area contributed by atoms with E-state index >= 15 is 0 Å². The second kappa shape index (κ2) is 5.87. The Bertz CT molecular complexity index is 464. The Morgan fingerprint density at radius 3 is 2.55 bits per heavy atom. The topological polar surface area (TPSA) is 45.5 Å². The molecule has 0 spiro atoms. The lowest BCUT2D eigenvalue weighted by molar-refractivity contribution is -0.145. The number of nitrogens with zero attached hydrogens (tertiary/aromatic N) is 1. The van der Waals surface area contributed by atoms with Crippen LogP contribution in [0.25, 0.3) is 0 Å². The van der Waals surface area contributed by atoms with Gasteiger partial charge in [0, 0.05) is 6.04 Å². The van der Waals surface area contributed by atoms with Crippen LogP contribution in [0.3, 0.4) is 0 Å². The monoisotopic (exact) mass is 290 g/mol. The molecule has 1 aromatic rings. The third-order valence-corrected chi connectivity index (χ3v) is 3.31. The number of halogens is 3. The Morgan fingerprint density at radius 1 is 1.40 bits per heavy atom. The summed E-state index contributed by atoms with van der Waals surface area (Å²) in [6, 6.07) is 2.58. The molecule has 1 fully saturated rings. The fourth-order valence-electron chi connectivity index (χ4n) is 2.37. The summed E-state index contributed by atoms with van der Waals surface area (Å²) in [4.78, 5) is 13.1. The second-order valence-electron chi connectivity index (χ2n) is 4.94. The van der Waals surface area contributed by atoms with Gasteiger partial charge in [0.05, 0.1) is 0 Å². The zero-order valence-corrected chi connectivity index (χ0v) is 11.2. The van der Waals surface area contributed by atoms with Crippen molar-refractivity contribution < 1.29 is 22.4 Å². The first-order chi connectivity index (χ1) is 9.37. The Morgan fingerprint density at radius 2 is 2.05 bits per heavy atom. The maximum Gasteiger partial charge on any atom is 0.406 e. The lowest BCUT2D eigenvalue weighted by Gasteiger charge is -2.34. The number of nitrogens with one attached hydrogen (secondary N) is 1. The van der Waals surface area contributed by atoms with Crippen molar-refractivity contribution in [2.75, 3.05) is 19.6 Å². The van der Waals surface area contributed by atoms with E-state index in [0.29, 0.717) is 31.7 Å². The third-order valence-electron chi connectivity index (χ3n) is 3.31. The number of piperidine rings is 1. The Balaban J connectivity index is 2.18. The van der Waals surface area contributed by atoms with Gasteiger partial charge >= 0.3 is 6.18 Å². The molecule has 0 aliphatic carbocycles. The van der Waals surface area contributed by atoms with E-state index in [4.69, 9.17) is 4.42 Å². The van der Waals surface area contributed by atoms with Crippen LogP contribution in [-0.2, 0) is 0 Å². The van der Waals surface area contributed by atoms with Crippen LogP contribution < -0.4 is 5.32 Å². The standard InChI is InChI=1S/C13H17F3N2O2/c1-9-2-3-11(20-9)12(19)18(8-13(14,15)16)10-4-6-17-7-5-10/h2-3,10,17H,4-8H2,1H3. The van der Waals surface area contributed by atoms with Gasteiger partial charge in [0.25, 0.3) is 5.91 Å². The van der Waals surface area contributed by atoms with Crippen molar-refractivity contribution in [3.63, 3.8) is 0 Å². The molecular weight excluding hydrogens is 273 g/mol. The smallest absolute Gasteiger partial charge is 0.406 e. The molecule has 1 saturated heterocycles. The van der Waals surface area contributed by atoms with Crippen LogP contribution in [0, 0.1) is 6.92 Å². The molecule has 7 heteroatoms. The quantitative estimate of drug-likeness (QED) is 0.929. The SMILES string of the molecule is Cc1ccc(C(=O)N(CC(F)(F)F)C2CCNCC2)o1. The molecule has 112 valence electrons. The van der Waals surface area contributed by atoms with E-state index in [-0.39, 0.29) is 5.76 Å². The number of amides is 1. The molecule has 0 saturated carbocycles. The number of carbonyl (C=O) groups is 1. The summed E-state index contributed by atoms with van der Waals surface area (Å²) in [5.74, 6) is -0.224. The van der Waals surface area contributed by atoms with Crippen molar-refractivity contribution in [2.45, 2.75) is 32.0 Å². The summed E-state index contributed by atoms with van der Waals surface area (Å²) >= 11 is 0. The zero-order chi connectivity index (χ0) is 14.8. The lowest BCUT2D eigenvalue weighted by atomic mass is 10.0. The third kappa shape index (κ3) is 3.75. The van der Waals surface area contributed by atoms with Crippen molar-refractivity contribution in [1.82, 2.24) is 10.2 Å². The van der Waals surface area contributed by atoms with Crippen LogP contribution in [-0.4, -0.2) is 42.7 Å². The number of hydrogen-bond donors (Lipinski definition) is 1. The molecule has 1 N–H and O–H groups in total. The average Bonchev–Trinajstić information content (AvgIpc) is 2.82. The molecule has 0 aromatic carbocycles. The Kier molecular flexibility index (Phi) is 4.37. The van der Waals surface area contributed by atoms with Gasteiger partial charge < -0.3 is 14.6 Å². The van der Waals surface area contributed by atoms with Crippen molar-refractivity contribution in [3.05, 3.63) is 23.7 Å². The van der Waals surface area contributed by atoms with Gasteiger partial charge in [-0.15, -0.1) is 0 Å². The van der Waals surface area contributed by atoms with Crippen LogP contribution in [0.5, 0.6) is 0 Å². The maximum atomic E-state index is 12.7. The minimum Gasteiger partial charge on any atom is -0.456 e. The highest BCUT2D eigenvalue weighted by Crippen LogP contribution is 2.23. The molecule has 0 bridgehead atoms. The minimum absolute atomic E-state index is 0.0368. The predicted octanol–water partition coefficient (Wildman–Crippen LogP) is 2.34. The first-order valence-electron chi connectivity index (χ1n) is 6.52.